The van der Waals surface area contributed by atoms with Crippen molar-refractivity contribution in [3.05, 3.63) is 126 Å². The fourth-order valence-electron chi connectivity index (χ4n) is 4.18. The van der Waals surface area contributed by atoms with Crippen molar-refractivity contribution in [1.29, 1.82) is 0 Å². The lowest BCUT2D eigenvalue weighted by atomic mass is 9.80. The van der Waals surface area contributed by atoms with Gasteiger partial charge in [0.05, 0.1) is 20.8 Å². The first-order valence-corrected chi connectivity index (χ1v) is 11.9. The van der Waals surface area contributed by atoms with Crippen LogP contribution in [0.4, 0.5) is 0 Å². The van der Waals surface area contributed by atoms with Crippen LogP contribution in [-0.2, 0) is 15.1 Å². The molecular weight excluding hydrogens is 452 g/mol. The van der Waals surface area contributed by atoms with Crippen LogP contribution in [0.15, 0.2) is 109 Å². The summed E-state index contributed by atoms with van der Waals surface area (Å²) in [7, 11) is 4.98. The first-order valence-electron chi connectivity index (χ1n) is 11.9. The summed E-state index contributed by atoms with van der Waals surface area (Å²) in [6, 6.07) is 36.0. The Kier molecular flexibility index (Phi) is 8.61. The van der Waals surface area contributed by atoms with E-state index in [1.54, 1.807) is 21.3 Å². The predicted molar refractivity (Wildman–Crippen MR) is 141 cm³/mol. The molecule has 1 atom stereocenters. The molecule has 0 aromatic heterocycles. The second-order valence-electron chi connectivity index (χ2n) is 8.30. The minimum absolute atomic E-state index is 0.294. The molecule has 0 bridgehead atoms. The van der Waals surface area contributed by atoms with Crippen LogP contribution < -0.4 is 14.2 Å². The van der Waals surface area contributed by atoms with E-state index in [4.69, 9.17) is 23.7 Å². The fraction of sp³-hybridized carbons (Fsp3) is 0.226. The Balaban J connectivity index is 1.65. The molecular formula is C31H32O5. The maximum absolute atomic E-state index is 6.87. The molecule has 5 heteroatoms. The van der Waals surface area contributed by atoms with Gasteiger partial charge in [-0.15, -0.1) is 0 Å². The summed E-state index contributed by atoms with van der Waals surface area (Å²) in [6.45, 7) is 0.646. The van der Waals surface area contributed by atoms with Gasteiger partial charge in [-0.2, -0.15) is 0 Å². The van der Waals surface area contributed by atoms with E-state index in [0.717, 1.165) is 33.9 Å². The molecule has 5 nitrogen and oxygen atoms in total. The van der Waals surface area contributed by atoms with Gasteiger partial charge in [0.1, 0.15) is 35.6 Å². The predicted octanol–water partition coefficient (Wildman–Crippen LogP) is 6.11. The standard InChI is InChI=1S/C31H32O5/c1-32-27-16-14-26(15-17-27)31(24-10-6-4-7-11-24,25-12-8-5-9-13-25)36-23-30(34-3)22-35-29-20-18-28(33-2)19-21-29/h4-21,30H,22-23H2,1-3H3/t30-/m0/s1. The second kappa shape index (κ2) is 12.2. The average Bonchev–Trinajstić information content (AvgIpc) is 2.96. The van der Waals surface area contributed by atoms with Crippen molar-refractivity contribution in [3.63, 3.8) is 0 Å². The summed E-state index contributed by atoms with van der Waals surface area (Å²) < 4.78 is 29.3. The van der Waals surface area contributed by atoms with Crippen molar-refractivity contribution < 1.29 is 23.7 Å². The number of methoxy groups -OCH3 is 3. The summed E-state index contributed by atoms with van der Waals surface area (Å²) in [5, 5.41) is 0. The number of ether oxygens (including phenoxy) is 5. The highest BCUT2D eigenvalue weighted by Gasteiger charge is 2.38. The van der Waals surface area contributed by atoms with Gasteiger partial charge < -0.3 is 23.7 Å². The van der Waals surface area contributed by atoms with Gasteiger partial charge in [-0.05, 0) is 53.1 Å². The van der Waals surface area contributed by atoms with Crippen molar-refractivity contribution >= 4 is 0 Å². The zero-order chi connectivity index (χ0) is 25.2. The Morgan fingerprint density at radius 2 is 0.972 bits per heavy atom. The Morgan fingerprint density at radius 1 is 0.528 bits per heavy atom. The number of rotatable bonds is 12. The van der Waals surface area contributed by atoms with Crippen LogP contribution in [0.25, 0.3) is 0 Å². The number of hydrogen-bond donors (Lipinski definition) is 0. The lowest BCUT2D eigenvalue weighted by Crippen LogP contribution is -2.37. The maximum atomic E-state index is 6.87. The van der Waals surface area contributed by atoms with Crippen molar-refractivity contribution in [2.75, 3.05) is 34.5 Å². The SMILES string of the molecule is COc1ccc(OC[C@@H](COC(c2ccccc2)(c2ccccc2)c2ccc(OC)cc2)OC)cc1. The maximum Gasteiger partial charge on any atom is 0.143 e. The Labute approximate surface area is 213 Å². The Hall–Kier alpha value is -3.80. The van der Waals surface area contributed by atoms with E-state index in [2.05, 4.69) is 36.4 Å². The summed E-state index contributed by atoms with van der Waals surface area (Å²) in [5.74, 6) is 2.31. The lowest BCUT2D eigenvalue weighted by molar-refractivity contribution is -0.0638. The molecule has 0 heterocycles. The summed E-state index contributed by atoms with van der Waals surface area (Å²) in [4.78, 5) is 0. The molecule has 0 aliphatic rings. The van der Waals surface area contributed by atoms with Crippen LogP contribution in [-0.4, -0.2) is 40.6 Å². The smallest absolute Gasteiger partial charge is 0.143 e. The zero-order valence-electron chi connectivity index (χ0n) is 20.9. The molecule has 36 heavy (non-hydrogen) atoms. The van der Waals surface area contributed by atoms with Crippen LogP contribution in [0.2, 0.25) is 0 Å². The molecule has 186 valence electrons. The molecule has 4 aromatic rings. The van der Waals surface area contributed by atoms with Gasteiger partial charge in [-0.25, -0.2) is 0 Å². The van der Waals surface area contributed by atoms with Crippen LogP contribution in [0.1, 0.15) is 16.7 Å². The third kappa shape index (κ3) is 5.70. The monoisotopic (exact) mass is 484 g/mol. The average molecular weight is 485 g/mol. The van der Waals surface area contributed by atoms with E-state index < -0.39 is 5.60 Å². The van der Waals surface area contributed by atoms with E-state index in [9.17, 15) is 0 Å². The third-order valence-corrected chi connectivity index (χ3v) is 6.17. The van der Waals surface area contributed by atoms with Gasteiger partial charge >= 0.3 is 0 Å². The minimum atomic E-state index is -0.855. The molecule has 0 amide bonds. The summed E-state index contributed by atoms with van der Waals surface area (Å²) in [5.41, 5.74) is 2.18. The van der Waals surface area contributed by atoms with Gasteiger partial charge in [-0.1, -0.05) is 72.8 Å². The second-order valence-corrected chi connectivity index (χ2v) is 8.30. The zero-order valence-corrected chi connectivity index (χ0v) is 20.9. The molecule has 0 fully saturated rings. The van der Waals surface area contributed by atoms with E-state index >= 15 is 0 Å². The van der Waals surface area contributed by atoms with Crippen molar-refractivity contribution in [1.82, 2.24) is 0 Å². The Morgan fingerprint density at radius 3 is 1.44 bits per heavy atom. The Bertz CT molecular complexity index is 1140. The van der Waals surface area contributed by atoms with Crippen LogP contribution >= 0.6 is 0 Å². The molecule has 0 N–H and O–H groups in total. The van der Waals surface area contributed by atoms with E-state index in [0.29, 0.717) is 13.2 Å². The topological polar surface area (TPSA) is 46.2 Å². The molecule has 0 radical (unpaired) electrons. The highest BCUT2D eigenvalue weighted by atomic mass is 16.6. The highest BCUT2D eigenvalue weighted by molar-refractivity contribution is 5.48. The first-order chi connectivity index (χ1) is 17.7. The molecule has 4 aromatic carbocycles. The summed E-state index contributed by atoms with van der Waals surface area (Å²) in [6.07, 6.45) is -0.294. The van der Waals surface area contributed by atoms with Gasteiger partial charge in [0.25, 0.3) is 0 Å². The normalized spacial score (nSPS) is 12.1. The van der Waals surface area contributed by atoms with Crippen LogP contribution in [0.3, 0.4) is 0 Å². The highest BCUT2D eigenvalue weighted by Crippen LogP contribution is 2.41. The molecule has 0 aliphatic carbocycles. The van der Waals surface area contributed by atoms with Gasteiger partial charge in [0.2, 0.25) is 0 Å². The molecule has 0 spiro atoms. The van der Waals surface area contributed by atoms with Crippen molar-refractivity contribution in [3.8, 4) is 17.2 Å². The molecule has 0 aliphatic heterocycles. The van der Waals surface area contributed by atoms with Gasteiger partial charge in [-0.3, -0.25) is 0 Å². The van der Waals surface area contributed by atoms with E-state index in [-0.39, 0.29) is 6.10 Å². The molecule has 0 saturated carbocycles. The van der Waals surface area contributed by atoms with Crippen LogP contribution in [0.5, 0.6) is 17.2 Å². The number of benzene rings is 4. The minimum Gasteiger partial charge on any atom is -0.497 e. The lowest BCUT2D eigenvalue weighted by Gasteiger charge is -2.37. The van der Waals surface area contributed by atoms with Crippen molar-refractivity contribution in [2.45, 2.75) is 11.7 Å². The van der Waals surface area contributed by atoms with Gasteiger partial charge in [0, 0.05) is 7.11 Å². The molecule has 0 saturated heterocycles. The van der Waals surface area contributed by atoms with E-state index in [1.165, 1.54) is 0 Å². The van der Waals surface area contributed by atoms with Crippen LogP contribution in [0, 0.1) is 0 Å². The largest absolute Gasteiger partial charge is 0.497 e. The quantitative estimate of drug-likeness (QED) is 0.227. The van der Waals surface area contributed by atoms with E-state index in [1.807, 2.05) is 72.8 Å². The molecule has 0 unspecified atom stereocenters. The van der Waals surface area contributed by atoms with Gasteiger partial charge in [0.15, 0.2) is 0 Å². The van der Waals surface area contributed by atoms with Crippen molar-refractivity contribution in [2.24, 2.45) is 0 Å². The third-order valence-electron chi connectivity index (χ3n) is 6.17. The summed E-state index contributed by atoms with van der Waals surface area (Å²) >= 11 is 0. The fourth-order valence-corrected chi connectivity index (χ4v) is 4.18. The first kappa shape index (κ1) is 25.3. The molecule has 4 rings (SSSR count). The number of hydrogen-bond acceptors (Lipinski definition) is 5.